The maximum Gasteiger partial charge on any atom is 0.256 e. The molecule has 0 radical (unpaired) electrons. The minimum absolute atomic E-state index is 0.0113. The number of carbonyl (C=O) groups is 1. The highest BCUT2D eigenvalue weighted by atomic mass is 16.5. The van der Waals surface area contributed by atoms with Crippen molar-refractivity contribution >= 4 is 5.91 Å². The topological polar surface area (TPSA) is 72.9 Å². The number of likely N-dealkylation sites (N-methyl/N-ethyl adjacent to an activating group) is 1. The summed E-state index contributed by atoms with van der Waals surface area (Å²) in [6.07, 6.45) is 1.61. The van der Waals surface area contributed by atoms with E-state index >= 15 is 0 Å². The number of rotatable bonds is 7. The minimum atomic E-state index is -0.211. The number of carbonyl (C=O) groups excluding carboxylic acids is 1. The smallest absolute Gasteiger partial charge is 0.256 e. The van der Waals surface area contributed by atoms with Crippen LogP contribution >= 0.6 is 0 Å². The largest absolute Gasteiger partial charge is 0.475 e. The average Bonchev–Trinajstić information content (AvgIpc) is 2.53. The van der Waals surface area contributed by atoms with E-state index in [1.54, 1.807) is 25.4 Å². The van der Waals surface area contributed by atoms with Crippen LogP contribution in [-0.4, -0.2) is 75.5 Å². The molecule has 1 N–H and O–H groups in total. The van der Waals surface area contributed by atoms with Gasteiger partial charge in [0.25, 0.3) is 5.91 Å². The van der Waals surface area contributed by atoms with E-state index in [4.69, 9.17) is 14.2 Å². The van der Waals surface area contributed by atoms with Crippen LogP contribution in [0.5, 0.6) is 5.88 Å². The summed E-state index contributed by atoms with van der Waals surface area (Å²) in [5.74, 6) is 0.107. The lowest BCUT2D eigenvalue weighted by Crippen LogP contribution is -2.46. The molecule has 0 aromatic carbocycles. The van der Waals surface area contributed by atoms with E-state index in [0.29, 0.717) is 37.8 Å². The summed E-state index contributed by atoms with van der Waals surface area (Å²) < 4.78 is 16.0. The van der Waals surface area contributed by atoms with E-state index in [1.807, 2.05) is 7.05 Å². The Labute approximate surface area is 130 Å². The zero-order chi connectivity index (χ0) is 15.8. The molecule has 22 heavy (non-hydrogen) atoms. The van der Waals surface area contributed by atoms with Crippen molar-refractivity contribution in [3.05, 3.63) is 23.9 Å². The third-order valence-electron chi connectivity index (χ3n) is 3.37. The molecular weight excluding hydrogens is 286 g/mol. The van der Waals surface area contributed by atoms with Gasteiger partial charge in [-0.3, -0.25) is 4.79 Å². The van der Waals surface area contributed by atoms with Crippen LogP contribution < -0.4 is 10.1 Å². The number of nitrogens with one attached hydrogen (secondary N) is 1. The summed E-state index contributed by atoms with van der Waals surface area (Å²) in [4.78, 5) is 18.6. The Hall–Kier alpha value is -1.70. The Morgan fingerprint density at radius 1 is 1.55 bits per heavy atom. The maximum absolute atomic E-state index is 12.3. The van der Waals surface area contributed by atoms with Gasteiger partial charge >= 0.3 is 0 Å². The number of hydrogen-bond donors (Lipinski definition) is 1. The second-order valence-electron chi connectivity index (χ2n) is 5.16. The number of amides is 1. The lowest BCUT2D eigenvalue weighted by atomic mass is 10.2. The first-order valence-corrected chi connectivity index (χ1v) is 7.36. The molecule has 1 amide bonds. The van der Waals surface area contributed by atoms with E-state index in [-0.39, 0.29) is 12.0 Å². The normalized spacial score (nSPS) is 18.9. The molecular formula is C15H23N3O4. The van der Waals surface area contributed by atoms with Gasteiger partial charge in [0.2, 0.25) is 5.88 Å². The van der Waals surface area contributed by atoms with E-state index in [1.165, 1.54) is 0 Å². The molecule has 0 bridgehead atoms. The summed E-state index contributed by atoms with van der Waals surface area (Å²) in [7, 11) is 3.64. The van der Waals surface area contributed by atoms with Gasteiger partial charge in [0.05, 0.1) is 19.3 Å². The molecule has 1 atom stereocenters. The van der Waals surface area contributed by atoms with Gasteiger partial charge in [-0.05, 0) is 19.2 Å². The fourth-order valence-electron chi connectivity index (χ4n) is 2.19. The number of morpholine rings is 1. The first-order valence-electron chi connectivity index (χ1n) is 7.36. The summed E-state index contributed by atoms with van der Waals surface area (Å²) in [6.45, 7) is 3.68. The lowest BCUT2D eigenvalue weighted by molar-refractivity contribution is -0.0175. The summed E-state index contributed by atoms with van der Waals surface area (Å²) in [6, 6.07) is 3.40. The highest BCUT2D eigenvalue weighted by Crippen LogP contribution is 2.14. The predicted molar refractivity (Wildman–Crippen MR) is 81.2 cm³/mol. The first-order chi connectivity index (χ1) is 10.7. The average molecular weight is 309 g/mol. The molecule has 2 heterocycles. The molecule has 122 valence electrons. The Bertz CT molecular complexity index is 484. The van der Waals surface area contributed by atoms with Gasteiger partial charge in [-0.2, -0.15) is 0 Å². The molecule has 1 fully saturated rings. The molecule has 0 spiro atoms. The Balaban J connectivity index is 1.88. The number of pyridine rings is 1. The molecule has 0 saturated carbocycles. The molecule has 1 unspecified atom stereocenters. The lowest BCUT2D eigenvalue weighted by Gasteiger charge is -2.30. The predicted octanol–water partition coefficient (Wildman–Crippen LogP) is 0.167. The number of ether oxygens (including phenoxy) is 3. The number of hydrogen-bond acceptors (Lipinski definition) is 6. The van der Waals surface area contributed by atoms with Crippen molar-refractivity contribution in [2.45, 2.75) is 6.10 Å². The van der Waals surface area contributed by atoms with Crippen molar-refractivity contribution in [1.29, 1.82) is 0 Å². The summed E-state index contributed by atoms with van der Waals surface area (Å²) in [5.41, 5.74) is 0.419. The van der Waals surface area contributed by atoms with Gasteiger partial charge in [-0.1, -0.05) is 0 Å². The van der Waals surface area contributed by atoms with Crippen LogP contribution in [0.4, 0.5) is 0 Å². The van der Waals surface area contributed by atoms with Gasteiger partial charge in [-0.25, -0.2) is 4.98 Å². The number of nitrogens with zero attached hydrogens (tertiary/aromatic N) is 2. The molecule has 7 nitrogen and oxygen atoms in total. The van der Waals surface area contributed by atoms with E-state index in [2.05, 4.69) is 15.2 Å². The molecule has 1 aromatic heterocycles. The van der Waals surface area contributed by atoms with Crippen LogP contribution in [-0.2, 0) is 9.47 Å². The van der Waals surface area contributed by atoms with Crippen molar-refractivity contribution in [3.63, 3.8) is 0 Å². The molecule has 1 aromatic rings. The summed E-state index contributed by atoms with van der Waals surface area (Å²) in [5, 5.41) is 2.88. The highest BCUT2D eigenvalue weighted by Gasteiger charge is 2.20. The zero-order valence-electron chi connectivity index (χ0n) is 13.1. The van der Waals surface area contributed by atoms with Gasteiger partial charge in [0.15, 0.2) is 0 Å². The minimum Gasteiger partial charge on any atom is -0.475 e. The van der Waals surface area contributed by atoms with Gasteiger partial charge in [0, 0.05) is 32.9 Å². The van der Waals surface area contributed by atoms with Crippen LogP contribution in [0, 0.1) is 0 Å². The highest BCUT2D eigenvalue weighted by molar-refractivity contribution is 5.96. The van der Waals surface area contributed by atoms with Crippen LogP contribution in [0.2, 0.25) is 0 Å². The SMILES string of the molecule is COCCOc1ncccc1C(=O)NCC1CN(C)CCO1. The van der Waals surface area contributed by atoms with E-state index in [9.17, 15) is 4.79 Å². The molecule has 1 saturated heterocycles. The molecule has 7 heteroatoms. The Kier molecular flexibility index (Phi) is 6.57. The summed E-state index contributed by atoms with van der Waals surface area (Å²) >= 11 is 0. The van der Waals surface area contributed by atoms with Crippen LogP contribution in [0.3, 0.4) is 0 Å². The maximum atomic E-state index is 12.3. The van der Waals surface area contributed by atoms with Crippen molar-refractivity contribution in [3.8, 4) is 5.88 Å². The van der Waals surface area contributed by atoms with Crippen molar-refractivity contribution in [2.75, 3.05) is 53.6 Å². The monoisotopic (exact) mass is 309 g/mol. The third-order valence-corrected chi connectivity index (χ3v) is 3.37. The van der Waals surface area contributed by atoms with E-state index in [0.717, 1.165) is 13.1 Å². The fourth-order valence-corrected chi connectivity index (χ4v) is 2.19. The first kappa shape index (κ1) is 16.7. The quantitative estimate of drug-likeness (QED) is 0.724. The van der Waals surface area contributed by atoms with Crippen LogP contribution in [0.1, 0.15) is 10.4 Å². The van der Waals surface area contributed by atoms with Gasteiger partial charge < -0.3 is 24.4 Å². The Morgan fingerprint density at radius 3 is 3.18 bits per heavy atom. The van der Waals surface area contributed by atoms with Crippen molar-refractivity contribution in [2.24, 2.45) is 0 Å². The van der Waals surface area contributed by atoms with Gasteiger partial charge in [0.1, 0.15) is 12.2 Å². The number of aromatic nitrogens is 1. The second-order valence-corrected chi connectivity index (χ2v) is 5.16. The van der Waals surface area contributed by atoms with E-state index < -0.39 is 0 Å². The second kappa shape index (κ2) is 8.67. The third kappa shape index (κ3) is 4.94. The molecule has 2 rings (SSSR count). The number of methoxy groups -OCH3 is 1. The fraction of sp³-hybridized carbons (Fsp3) is 0.600. The molecule has 0 aliphatic carbocycles. The standard InChI is InChI=1S/C15H23N3O4/c1-18-6-7-21-12(11-18)10-17-14(19)13-4-3-5-16-15(13)22-9-8-20-2/h3-5,12H,6-11H2,1-2H3,(H,17,19). The zero-order valence-corrected chi connectivity index (χ0v) is 13.1. The van der Waals surface area contributed by atoms with Gasteiger partial charge in [-0.15, -0.1) is 0 Å². The van der Waals surface area contributed by atoms with Crippen molar-refractivity contribution in [1.82, 2.24) is 15.2 Å². The molecule has 1 aliphatic heterocycles. The van der Waals surface area contributed by atoms with Crippen LogP contribution in [0.25, 0.3) is 0 Å². The van der Waals surface area contributed by atoms with Crippen LogP contribution in [0.15, 0.2) is 18.3 Å². The Morgan fingerprint density at radius 2 is 2.41 bits per heavy atom. The van der Waals surface area contributed by atoms with Crippen molar-refractivity contribution < 1.29 is 19.0 Å². The molecule has 1 aliphatic rings.